The fourth-order valence-electron chi connectivity index (χ4n) is 2.33. The minimum atomic E-state index is -3.70. The second-order valence-electron chi connectivity index (χ2n) is 6.23. The highest BCUT2D eigenvalue weighted by Crippen LogP contribution is 2.29. The number of nitrogens with one attached hydrogen (secondary N) is 1. The standard InChI is InChI=1S/C16H24N2O4S/c1-12(2)10-11-18(14-6-7-14)16(19)13-4-8-15(9-5-13)23(20,21)17-22-3/h4-5,8-9,12,14,17H,6-7,10-11H2,1-3H3. The third kappa shape index (κ3) is 4.76. The molecule has 1 aliphatic rings. The molecule has 0 spiro atoms. The van der Waals surface area contributed by atoms with Crippen molar-refractivity contribution in [2.24, 2.45) is 5.92 Å². The third-order valence-electron chi connectivity index (χ3n) is 3.80. The summed E-state index contributed by atoms with van der Waals surface area (Å²) in [6.07, 6.45) is 3.06. The smallest absolute Gasteiger partial charge is 0.262 e. The van der Waals surface area contributed by atoms with Gasteiger partial charge in [0.15, 0.2) is 0 Å². The van der Waals surface area contributed by atoms with Gasteiger partial charge in [-0.3, -0.25) is 9.63 Å². The fourth-order valence-corrected chi connectivity index (χ4v) is 3.14. The summed E-state index contributed by atoms with van der Waals surface area (Å²) in [4.78, 5) is 21.0. The molecule has 1 aromatic carbocycles. The minimum Gasteiger partial charge on any atom is -0.336 e. The monoisotopic (exact) mass is 340 g/mol. The van der Waals surface area contributed by atoms with Gasteiger partial charge in [-0.15, -0.1) is 0 Å². The Morgan fingerprint density at radius 2 is 1.91 bits per heavy atom. The van der Waals surface area contributed by atoms with Crippen molar-refractivity contribution in [1.82, 2.24) is 9.79 Å². The molecular weight excluding hydrogens is 316 g/mol. The summed E-state index contributed by atoms with van der Waals surface area (Å²) < 4.78 is 23.6. The average molecular weight is 340 g/mol. The van der Waals surface area contributed by atoms with Crippen molar-refractivity contribution in [1.29, 1.82) is 0 Å². The first-order valence-corrected chi connectivity index (χ1v) is 9.29. The van der Waals surface area contributed by atoms with E-state index in [1.807, 2.05) is 9.79 Å². The molecule has 0 aromatic heterocycles. The predicted octanol–water partition coefficient (Wildman–Crippen LogP) is 2.18. The van der Waals surface area contributed by atoms with Crippen molar-refractivity contribution in [2.75, 3.05) is 13.7 Å². The van der Waals surface area contributed by atoms with Crippen LogP contribution in [-0.2, 0) is 14.9 Å². The Morgan fingerprint density at radius 1 is 1.30 bits per heavy atom. The van der Waals surface area contributed by atoms with Crippen LogP contribution in [0.25, 0.3) is 0 Å². The highest BCUT2D eigenvalue weighted by molar-refractivity contribution is 7.89. The fraction of sp³-hybridized carbons (Fsp3) is 0.562. The second kappa shape index (κ2) is 7.42. The van der Waals surface area contributed by atoms with Crippen LogP contribution in [0.15, 0.2) is 29.2 Å². The Labute approximate surface area is 137 Å². The Bertz CT molecular complexity index is 637. The molecule has 0 radical (unpaired) electrons. The van der Waals surface area contributed by atoms with E-state index < -0.39 is 10.0 Å². The number of hydrogen-bond donors (Lipinski definition) is 1. The molecule has 1 aromatic rings. The number of benzene rings is 1. The summed E-state index contributed by atoms with van der Waals surface area (Å²) in [5, 5.41) is 0. The maximum atomic E-state index is 12.7. The van der Waals surface area contributed by atoms with E-state index in [0.29, 0.717) is 17.5 Å². The van der Waals surface area contributed by atoms with Gasteiger partial charge in [0.1, 0.15) is 0 Å². The molecule has 128 valence electrons. The molecule has 6 nitrogen and oxygen atoms in total. The average Bonchev–Trinajstić information content (AvgIpc) is 3.32. The number of carbonyl (C=O) groups is 1. The number of rotatable bonds is 8. The van der Waals surface area contributed by atoms with Gasteiger partial charge in [0.05, 0.1) is 12.0 Å². The highest BCUT2D eigenvalue weighted by atomic mass is 32.2. The van der Waals surface area contributed by atoms with E-state index in [1.165, 1.54) is 19.2 Å². The van der Waals surface area contributed by atoms with Crippen LogP contribution >= 0.6 is 0 Å². The van der Waals surface area contributed by atoms with Crippen LogP contribution in [0, 0.1) is 5.92 Å². The van der Waals surface area contributed by atoms with Gasteiger partial charge in [-0.2, -0.15) is 0 Å². The lowest BCUT2D eigenvalue weighted by Gasteiger charge is -2.23. The topological polar surface area (TPSA) is 75.7 Å². The van der Waals surface area contributed by atoms with E-state index in [4.69, 9.17) is 0 Å². The van der Waals surface area contributed by atoms with Crippen molar-refractivity contribution >= 4 is 15.9 Å². The SMILES string of the molecule is CONS(=O)(=O)c1ccc(C(=O)N(CCC(C)C)C2CC2)cc1. The summed E-state index contributed by atoms with van der Waals surface area (Å²) in [5.74, 6) is 0.508. The van der Waals surface area contributed by atoms with Gasteiger partial charge in [0.25, 0.3) is 15.9 Å². The Morgan fingerprint density at radius 3 is 2.39 bits per heavy atom. The van der Waals surface area contributed by atoms with Crippen LogP contribution in [0.4, 0.5) is 0 Å². The molecule has 0 bridgehead atoms. The van der Waals surface area contributed by atoms with Gasteiger partial charge in [-0.25, -0.2) is 8.42 Å². The van der Waals surface area contributed by atoms with E-state index in [0.717, 1.165) is 25.8 Å². The molecule has 23 heavy (non-hydrogen) atoms. The summed E-state index contributed by atoms with van der Waals surface area (Å²) in [6, 6.07) is 6.28. The molecule has 2 rings (SSSR count). The molecule has 0 heterocycles. The van der Waals surface area contributed by atoms with E-state index in [1.54, 1.807) is 12.1 Å². The lowest BCUT2D eigenvalue weighted by Crippen LogP contribution is -2.34. The Hall–Kier alpha value is -1.44. The highest BCUT2D eigenvalue weighted by Gasteiger charge is 2.32. The number of sulfonamides is 1. The maximum absolute atomic E-state index is 12.7. The maximum Gasteiger partial charge on any atom is 0.262 e. The normalized spacial score (nSPS) is 15.0. The van der Waals surface area contributed by atoms with Gasteiger partial charge >= 0.3 is 0 Å². The lowest BCUT2D eigenvalue weighted by atomic mass is 10.1. The van der Waals surface area contributed by atoms with Crippen LogP contribution in [0.3, 0.4) is 0 Å². The van der Waals surface area contributed by atoms with Crippen LogP contribution in [0.2, 0.25) is 0 Å². The number of nitrogens with zero attached hydrogens (tertiary/aromatic N) is 1. The zero-order chi connectivity index (χ0) is 17.0. The van der Waals surface area contributed by atoms with Gasteiger partial charge in [-0.05, 0) is 49.4 Å². The minimum absolute atomic E-state index is 0.0307. The lowest BCUT2D eigenvalue weighted by molar-refractivity contribution is 0.0735. The van der Waals surface area contributed by atoms with Crippen LogP contribution in [-0.4, -0.2) is 38.9 Å². The van der Waals surface area contributed by atoms with E-state index >= 15 is 0 Å². The van der Waals surface area contributed by atoms with Crippen LogP contribution in [0.5, 0.6) is 0 Å². The van der Waals surface area contributed by atoms with Gasteiger partial charge in [0, 0.05) is 18.2 Å². The van der Waals surface area contributed by atoms with E-state index in [9.17, 15) is 13.2 Å². The van der Waals surface area contributed by atoms with E-state index in [-0.39, 0.29) is 10.8 Å². The number of carbonyl (C=O) groups excluding carboxylic acids is 1. The third-order valence-corrected chi connectivity index (χ3v) is 5.08. The van der Waals surface area contributed by atoms with Crippen molar-refractivity contribution in [3.63, 3.8) is 0 Å². The number of amides is 1. The van der Waals surface area contributed by atoms with Crippen molar-refractivity contribution in [3.05, 3.63) is 29.8 Å². The molecule has 1 saturated carbocycles. The molecule has 1 aliphatic carbocycles. The quantitative estimate of drug-likeness (QED) is 0.736. The van der Waals surface area contributed by atoms with Crippen LogP contribution < -0.4 is 4.89 Å². The van der Waals surface area contributed by atoms with Gasteiger partial charge in [-0.1, -0.05) is 18.7 Å². The van der Waals surface area contributed by atoms with E-state index in [2.05, 4.69) is 18.7 Å². The molecule has 1 N–H and O–H groups in total. The zero-order valence-corrected chi connectivity index (χ0v) is 14.6. The second-order valence-corrected chi connectivity index (χ2v) is 7.87. The first-order valence-electron chi connectivity index (χ1n) is 7.81. The zero-order valence-electron chi connectivity index (χ0n) is 13.8. The first-order chi connectivity index (χ1) is 10.8. The molecule has 0 aliphatic heterocycles. The number of hydrogen-bond acceptors (Lipinski definition) is 4. The van der Waals surface area contributed by atoms with Crippen molar-refractivity contribution in [3.8, 4) is 0 Å². The molecule has 1 amide bonds. The van der Waals surface area contributed by atoms with Gasteiger partial charge < -0.3 is 4.90 Å². The summed E-state index contributed by atoms with van der Waals surface area (Å²) in [5.41, 5.74) is 0.511. The van der Waals surface area contributed by atoms with Crippen molar-refractivity contribution < 1.29 is 18.0 Å². The Balaban J connectivity index is 2.12. The first kappa shape index (κ1) is 17.9. The van der Waals surface area contributed by atoms with Gasteiger partial charge in [0.2, 0.25) is 0 Å². The molecule has 0 unspecified atom stereocenters. The Kier molecular flexibility index (Phi) is 5.78. The van der Waals surface area contributed by atoms with Crippen molar-refractivity contribution in [2.45, 2.75) is 44.0 Å². The molecule has 0 atom stereocenters. The largest absolute Gasteiger partial charge is 0.336 e. The molecule has 7 heteroatoms. The molecule has 1 fully saturated rings. The van der Waals surface area contributed by atoms with Crippen LogP contribution in [0.1, 0.15) is 43.5 Å². The summed E-state index contributed by atoms with van der Waals surface area (Å²) in [6.45, 7) is 5.02. The molecule has 0 saturated heterocycles. The summed E-state index contributed by atoms with van der Waals surface area (Å²) in [7, 11) is -2.46. The molecular formula is C16H24N2O4S. The summed E-state index contributed by atoms with van der Waals surface area (Å²) >= 11 is 0. The predicted molar refractivity (Wildman–Crippen MR) is 87.3 cm³/mol.